The van der Waals surface area contributed by atoms with E-state index in [1.54, 1.807) is 12.4 Å². The average molecular weight is 348 g/mol. The van der Waals surface area contributed by atoms with E-state index in [9.17, 15) is 4.79 Å². The third-order valence-electron chi connectivity index (χ3n) is 4.45. The number of hydrogen-bond acceptors (Lipinski definition) is 3. The van der Waals surface area contributed by atoms with Crippen LogP contribution in [0.1, 0.15) is 23.4 Å². The van der Waals surface area contributed by atoms with Crippen LogP contribution >= 0.6 is 0 Å². The molecule has 0 aliphatic rings. The van der Waals surface area contributed by atoms with Crippen LogP contribution in [0.15, 0.2) is 67.3 Å². The first-order chi connectivity index (χ1) is 12.7. The summed E-state index contributed by atoms with van der Waals surface area (Å²) >= 11 is 0. The molecule has 1 aromatic carbocycles. The standard InChI is InChI=1S/C21H24N4O/c1-18-23-12-15-24(18)14-10-21(26)25(17-20-8-5-11-22-16-20)13-9-19-6-3-2-4-7-19/h2-8,11-12,15-16H,9-10,13-14,17H2,1H3. The second kappa shape index (κ2) is 8.94. The molecule has 0 saturated carbocycles. The van der Waals surface area contributed by atoms with E-state index < -0.39 is 0 Å². The van der Waals surface area contributed by atoms with Gasteiger partial charge in [0.1, 0.15) is 5.82 Å². The number of pyridine rings is 1. The van der Waals surface area contributed by atoms with Crippen molar-refractivity contribution in [2.24, 2.45) is 0 Å². The first-order valence-electron chi connectivity index (χ1n) is 8.91. The Morgan fingerprint density at radius 2 is 1.88 bits per heavy atom. The van der Waals surface area contributed by atoms with Crippen LogP contribution in [0.2, 0.25) is 0 Å². The summed E-state index contributed by atoms with van der Waals surface area (Å²) in [4.78, 5) is 23.2. The lowest BCUT2D eigenvalue weighted by Crippen LogP contribution is -2.33. The lowest BCUT2D eigenvalue weighted by molar-refractivity contribution is -0.132. The second-order valence-electron chi connectivity index (χ2n) is 6.33. The van der Waals surface area contributed by atoms with Crippen molar-refractivity contribution in [3.8, 4) is 0 Å². The molecule has 26 heavy (non-hydrogen) atoms. The van der Waals surface area contributed by atoms with Gasteiger partial charge in [0.25, 0.3) is 0 Å². The smallest absolute Gasteiger partial charge is 0.224 e. The fourth-order valence-electron chi connectivity index (χ4n) is 2.93. The Morgan fingerprint density at radius 1 is 1.08 bits per heavy atom. The first-order valence-corrected chi connectivity index (χ1v) is 8.91. The molecule has 0 aliphatic heterocycles. The van der Waals surface area contributed by atoms with E-state index in [2.05, 4.69) is 22.1 Å². The molecule has 0 unspecified atom stereocenters. The summed E-state index contributed by atoms with van der Waals surface area (Å²) in [6.45, 7) is 3.88. The zero-order valence-electron chi connectivity index (χ0n) is 15.1. The van der Waals surface area contributed by atoms with Crippen LogP contribution in [0.3, 0.4) is 0 Å². The number of benzene rings is 1. The number of carbonyl (C=O) groups excluding carboxylic acids is 1. The first kappa shape index (κ1) is 17.9. The van der Waals surface area contributed by atoms with Crippen molar-refractivity contribution in [3.63, 3.8) is 0 Å². The molecule has 0 fully saturated rings. The van der Waals surface area contributed by atoms with Crippen LogP contribution in [0, 0.1) is 6.92 Å². The highest BCUT2D eigenvalue weighted by Crippen LogP contribution is 2.09. The van der Waals surface area contributed by atoms with E-state index in [0.29, 0.717) is 26.1 Å². The molecule has 1 amide bonds. The van der Waals surface area contributed by atoms with Gasteiger partial charge in [-0.2, -0.15) is 0 Å². The molecule has 5 heteroatoms. The van der Waals surface area contributed by atoms with Crippen molar-refractivity contribution in [3.05, 3.63) is 84.2 Å². The van der Waals surface area contributed by atoms with Crippen LogP contribution < -0.4 is 0 Å². The maximum absolute atomic E-state index is 12.8. The van der Waals surface area contributed by atoms with Gasteiger partial charge in [-0.3, -0.25) is 9.78 Å². The minimum atomic E-state index is 0.151. The molecule has 2 heterocycles. The molecule has 0 saturated heterocycles. The Labute approximate surface area is 154 Å². The molecule has 0 radical (unpaired) electrons. The predicted octanol–water partition coefficient (Wildman–Crippen LogP) is 3.25. The van der Waals surface area contributed by atoms with Crippen molar-refractivity contribution in [1.29, 1.82) is 0 Å². The van der Waals surface area contributed by atoms with Gasteiger partial charge in [-0.1, -0.05) is 36.4 Å². The molecule has 134 valence electrons. The predicted molar refractivity (Wildman–Crippen MR) is 101 cm³/mol. The summed E-state index contributed by atoms with van der Waals surface area (Å²) in [5.74, 6) is 1.08. The highest BCUT2D eigenvalue weighted by atomic mass is 16.2. The van der Waals surface area contributed by atoms with Crippen LogP contribution in [-0.2, 0) is 24.3 Å². The topological polar surface area (TPSA) is 51.0 Å². The van der Waals surface area contributed by atoms with Crippen molar-refractivity contribution >= 4 is 5.91 Å². The zero-order chi connectivity index (χ0) is 18.2. The quantitative estimate of drug-likeness (QED) is 0.628. The second-order valence-corrected chi connectivity index (χ2v) is 6.33. The van der Waals surface area contributed by atoms with E-state index in [1.807, 2.05) is 59.1 Å². The highest BCUT2D eigenvalue weighted by Gasteiger charge is 2.14. The molecule has 0 spiro atoms. The average Bonchev–Trinajstić information content (AvgIpc) is 3.09. The van der Waals surface area contributed by atoms with Crippen molar-refractivity contribution < 1.29 is 4.79 Å². The highest BCUT2D eigenvalue weighted by molar-refractivity contribution is 5.76. The third-order valence-corrected chi connectivity index (χ3v) is 4.45. The minimum absolute atomic E-state index is 0.151. The zero-order valence-corrected chi connectivity index (χ0v) is 15.1. The summed E-state index contributed by atoms with van der Waals surface area (Å²) in [6, 6.07) is 14.2. The van der Waals surface area contributed by atoms with E-state index in [4.69, 9.17) is 0 Å². The summed E-state index contributed by atoms with van der Waals surface area (Å²) in [7, 11) is 0. The van der Waals surface area contributed by atoms with E-state index in [0.717, 1.165) is 17.8 Å². The molecule has 3 rings (SSSR count). The minimum Gasteiger partial charge on any atom is -0.338 e. The van der Waals surface area contributed by atoms with Gasteiger partial charge in [-0.25, -0.2) is 4.98 Å². The van der Waals surface area contributed by atoms with Gasteiger partial charge in [0, 0.05) is 50.8 Å². The van der Waals surface area contributed by atoms with Gasteiger partial charge in [-0.05, 0) is 30.5 Å². The lowest BCUT2D eigenvalue weighted by Gasteiger charge is -2.23. The fraction of sp³-hybridized carbons (Fsp3) is 0.286. The van der Waals surface area contributed by atoms with Crippen molar-refractivity contribution in [2.75, 3.05) is 6.54 Å². The van der Waals surface area contributed by atoms with Crippen LogP contribution in [-0.4, -0.2) is 31.9 Å². The molecule has 2 aromatic heterocycles. The molecule has 0 aliphatic carbocycles. The number of imidazole rings is 1. The van der Waals surface area contributed by atoms with E-state index in [1.165, 1.54) is 5.56 Å². The number of hydrogen-bond donors (Lipinski definition) is 0. The van der Waals surface area contributed by atoms with Crippen LogP contribution in [0.4, 0.5) is 0 Å². The maximum atomic E-state index is 12.8. The number of aryl methyl sites for hydroxylation is 2. The summed E-state index contributed by atoms with van der Waals surface area (Å²) in [6.07, 6.45) is 8.56. The van der Waals surface area contributed by atoms with Crippen molar-refractivity contribution in [1.82, 2.24) is 19.4 Å². The molecule has 5 nitrogen and oxygen atoms in total. The fourth-order valence-corrected chi connectivity index (χ4v) is 2.93. The van der Waals surface area contributed by atoms with Crippen LogP contribution in [0.25, 0.3) is 0 Å². The van der Waals surface area contributed by atoms with Gasteiger partial charge in [-0.15, -0.1) is 0 Å². The largest absolute Gasteiger partial charge is 0.338 e. The Kier molecular flexibility index (Phi) is 6.14. The third kappa shape index (κ3) is 5.02. The number of aromatic nitrogens is 3. The van der Waals surface area contributed by atoms with Gasteiger partial charge in [0.15, 0.2) is 0 Å². The van der Waals surface area contributed by atoms with E-state index >= 15 is 0 Å². The Hall–Kier alpha value is -2.95. The molecule has 3 aromatic rings. The summed E-state index contributed by atoms with van der Waals surface area (Å²) in [5, 5.41) is 0. The van der Waals surface area contributed by atoms with Gasteiger partial charge in [0.05, 0.1) is 0 Å². The number of rotatable bonds is 8. The van der Waals surface area contributed by atoms with E-state index in [-0.39, 0.29) is 5.91 Å². The molecular formula is C21H24N4O. The maximum Gasteiger partial charge on any atom is 0.224 e. The van der Waals surface area contributed by atoms with Crippen molar-refractivity contribution in [2.45, 2.75) is 32.9 Å². The number of amides is 1. The summed E-state index contributed by atoms with van der Waals surface area (Å²) in [5.41, 5.74) is 2.29. The normalized spacial score (nSPS) is 10.7. The number of carbonyl (C=O) groups is 1. The number of nitrogens with zero attached hydrogens (tertiary/aromatic N) is 4. The Balaban J connectivity index is 1.64. The molecular weight excluding hydrogens is 324 g/mol. The van der Waals surface area contributed by atoms with Gasteiger partial charge in [0.2, 0.25) is 5.91 Å². The Bertz CT molecular complexity index is 814. The SMILES string of the molecule is Cc1nccn1CCC(=O)N(CCc1ccccc1)Cc1cccnc1. The molecule has 0 N–H and O–H groups in total. The van der Waals surface area contributed by atoms with Crippen LogP contribution in [0.5, 0.6) is 0 Å². The monoisotopic (exact) mass is 348 g/mol. The lowest BCUT2D eigenvalue weighted by atomic mass is 10.1. The molecule has 0 atom stereocenters. The van der Waals surface area contributed by atoms with Gasteiger partial charge < -0.3 is 9.47 Å². The summed E-state index contributed by atoms with van der Waals surface area (Å²) < 4.78 is 2.01. The molecule has 0 bridgehead atoms. The Morgan fingerprint density at radius 3 is 2.58 bits per heavy atom. The van der Waals surface area contributed by atoms with Gasteiger partial charge >= 0.3 is 0 Å².